The van der Waals surface area contributed by atoms with E-state index in [9.17, 15) is 4.79 Å². The molecule has 1 unspecified atom stereocenters. The molecule has 4 aromatic rings. The number of rotatable bonds is 6. The Morgan fingerprint density at radius 3 is 2.75 bits per heavy atom. The van der Waals surface area contributed by atoms with E-state index in [4.69, 9.17) is 9.15 Å². The summed E-state index contributed by atoms with van der Waals surface area (Å²) in [6.45, 7) is 1.43. The number of carbonyl (C=O) groups excluding carboxylic acids is 1. The number of nitrogens with zero attached hydrogens (tertiary/aromatic N) is 2. The van der Waals surface area contributed by atoms with Gasteiger partial charge >= 0.3 is 0 Å². The number of carbonyl (C=O) groups is 1. The first-order valence-corrected chi connectivity index (χ1v) is 10.9. The van der Waals surface area contributed by atoms with Crippen molar-refractivity contribution < 1.29 is 13.9 Å². The first kappa shape index (κ1) is 20.1. The van der Waals surface area contributed by atoms with E-state index < -0.39 is 0 Å². The molecule has 1 fully saturated rings. The number of anilines is 1. The lowest BCUT2D eigenvalue weighted by Gasteiger charge is -2.23. The minimum absolute atomic E-state index is 0.0772. The van der Waals surface area contributed by atoms with Gasteiger partial charge in [-0.15, -0.1) is 0 Å². The molecule has 0 bridgehead atoms. The van der Waals surface area contributed by atoms with Crippen molar-refractivity contribution in [1.29, 1.82) is 0 Å². The number of oxazole rings is 1. The van der Waals surface area contributed by atoms with Crippen molar-refractivity contribution in [1.82, 2.24) is 10.3 Å². The number of methoxy groups -OCH3 is 1. The van der Waals surface area contributed by atoms with Gasteiger partial charge < -0.3 is 19.4 Å². The Bertz CT molecular complexity index is 1200. The maximum Gasteiger partial charge on any atom is 0.298 e. The SMILES string of the molecule is COc1cccc(-c2ccc(C(=O)NCC3CCCN3c3nc4ccccc4o3)cc2)c1. The van der Waals surface area contributed by atoms with E-state index in [2.05, 4.69) is 15.2 Å². The molecular formula is C26H25N3O3. The van der Waals surface area contributed by atoms with E-state index in [1.54, 1.807) is 7.11 Å². The molecule has 0 spiro atoms. The molecule has 0 aliphatic carbocycles. The molecule has 2 heterocycles. The highest BCUT2D eigenvalue weighted by atomic mass is 16.5. The molecule has 1 atom stereocenters. The Hall–Kier alpha value is -3.80. The predicted molar refractivity (Wildman–Crippen MR) is 125 cm³/mol. The number of benzene rings is 3. The van der Waals surface area contributed by atoms with Gasteiger partial charge in [-0.25, -0.2) is 0 Å². The Balaban J connectivity index is 1.24. The van der Waals surface area contributed by atoms with Crippen molar-refractivity contribution in [2.75, 3.05) is 25.1 Å². The molecule has 0 saturated carbocycles. The van der Waals surface area contributed by atoms with Gasteiger partial charge in [-0.1, -0.05) is 36.4 Å². The van der Waals surface area contributed by atoms with Gasteiger partial charge in [-0.2, -0.15) is 4.98 Å². The minimum Gasteiger partial charge on any atom is -0.497 e. The maximum absolute atomic E-state index is 12.7. The Morgan fingerprint density at radius 1 is 1.09 bits per heavy atom. The van der Waals surface area contributed by atoms with Crippen molar-refractivity contribution in [2.45, 2.75) is 18.9 Å². The first-order chi connectivity index (χ1) is 15.7. The summed E-state index contributed by atoms with van der Waals surface area (Å²) in [6.07, 6.45) is 2.04. The molecule has 5 rings (SSSR count). The monoisotopic (exact) mass is 427 g/mol. The average molecular weight is 428 g/mol. The fourth-order valence-corrected chi connectivity index (χ4v) is 4.21. The smallest absolute Gasteiger partial charge is 0.298 e. The number of hydrogen-bond acceptors (Lipinski definition) is 5. The number of ether oxygens (including phenoxy) is 1. The fraction of sp³-hybridized carbons (Fsp3) is 0.231. The number of fused-ring (bicyclic) bond motifs is 1. The van der Waals surface area contributed by atoms with Crippen LogP contribution in [0.2, 0.25) is 0 Å². The molecule has 6 heteroatoms. The van der Waals surface area contributed by atoms with Gasteiger partial charge in [0, 0.05) is 18.7 Å². The van der Waals surface area contributed by atoms with Gasteiger partial charge in [0.15, 0.2) is 5.58 Å². The second-order valence-corrected chi connectivity index (χ2v) is 7.97. The van der Waals surface area contributed by atoms with Gasteiger partial charge in [-0.05, 0) is 60.4 Å². The van der Waals surface area contributed by atoms with Gasteiger partial charge in [0.2, 0.25) is 0 Å². The minimum atomic E-state index is -0.0772. The lowest BCUT2D eigenvalue weighted by Crippen LogP contribution is -2.40. The Labute approximate surface area is 186 Å². The van der Waals surface area contributed by atoms with Crippen LogP contribution in [0.15, 0.2) is 77.2 Å². The fourth-order valence-electron chi connectivity index (χ4n) is 4.21. The molecule has 0 radical (unpaired) electrons. The quantitative estimate of drug-likeness (QED) is 0.474. The molecule has 1 aliphatic heterocycles. The zero-order valence-electron chi connectivity index (χ0n) is 18.0. The predicted octanol–water partition coefficient (Wildman–Crippen LogP) is 4.90. The topological polar surface area (TPSA) is 67.6 Å². The van der Waals surface area contributed by atoms with Crippen LogP contribution in [0.3, 0.4) is 0 Å². The summed E-state index contributed by atoms with van der Waals surface area (Å²) >= 11 is 0. The lowest BCUT2D eigenvalue weighted by atomic mass is 10.0. The summed E-state index contributed by atoms with van der Waals surface area (Å²) in [4.78, 5) is 19.5. The molecule has 162 valence electrons. The van der Waals surface area contributed by atoms with Gasteiger partial charge in [-0.3, -0.25) is 4.79 Å². The highest BCUT2D eigenvalue weighted by Gasteiger charge is 2.28. The zero-order chi connectivity index (χ0) is 21.9. The van der Waals surface area contributed by atoms with Crippen LogP contribution in [-0.4, -0.2) is 37.1 Å². The Kier molecular flexibility index (Phi) is 5.50. The molecule has 1 aliphatic rings. The van der Waals surface area contributed by atoms with E-state index in [1.165, 1.54) is 0 Å². The second kappa shape index (κ2) is 8.75. The first-order valence-electron chi connectivity index (χ1n) is 10.9. The summed E-state index contributed by atoms with van der Waals surface area (Å²) < 4.78 is 11.2. The van der Waals surface area contributed by atoms with Crippen LogP contribution < -0.4 is 15.0 Å². The van der Waals surface area contributed by atoms with Crippen molar-refractivity contribution >= 4 is 23.0 Å². The molecular weight excluding hydrogens is 402 g/mol. The van der Waals surface area contributed by atoms with Crippen molar-refractivity contribution in [3.05, 3.63) is 78.4 Å². The van der Waals surface area contributed by atoms with Crippen molar-refractivity contribution in [2.24, 2.45) is 0 Å². The number of amides is 1. The van der Waals surface area contributed by atoms with Crippen LogP contribution in [0.1, 0.15) is 23.2 Å². The number of nitrogens with one attached hydrogen (secondary N) is 1. The summed E-state index contributed by atoms with van der Waals surface area (Å²) in [5, 5.41) is 3.08. The second-order valence-electron chi connectivity index (χ2n) is 7.97. The van der Waals surface area contributed by atoms with Crippen LogP contribution in [0, 0.1) is 0 Å². The summed E-state index contributed by atoms with van der Waals surface area (Å²) in [7, 11) is 1.66. The third-order valence-electron chi connectivity index (χ3n) is 5.95. The normalized spacial score (nSPS) is 15.8. The van der Waals surface area contributed by atoms with Gasteiger partial charge in [0.25, 0.3) is 11.9 Å². The summed E-state index contributed by atoms with van der Waals surface area (Å²) in [6, 6.07) is 24.1. The molecule has 1 saturated heterocycles. The number of para-hydroxylation sites is 2. The third-order valence-corrected chi connectivity index (χ3v) is 5.95. The van der Waals surface area contributed by atoms with E-state index in [1.807, 2.05) is 72.8 Å². The van der Waals surface area contributed by atoms with E-state index in [0.717, 1.165) is 47.4 Å². The van der Waals surface area contributed by atoms with Crippen LogP contribution >= 0.6 is 0 Å². The zero-order valence-corrected chi connectivity index (χ0v) is 18.0. The van der Waals surface area contributed by atoms with Crippen LogP contribution in [0.4, 0.5) is 6.01 Å². The van der Waals surface area contributed by atoms with Gasteiger partial charge in [0.05, 0.1) is 13.2 Å². The molecule has 1 N–H and O–H groups in total. The lowest BCUT2D eigenvalue weighted by molar-refractivity contribution is 0.0951. The highest BCUT2D eigenvalue weighted by molar-refractivity contribution is 5.94. The highest BCUT2D eigenvalue weighted by Crippen LogP contribution is 2.28. The number of aromatic nitrogens is 1. The van der Waals surface area contributed by atoms with E-state index >= 15 is 0 Å². The van der Waals surface area contributed by atoms with E-state index in [-0.39, 0.29) is 11.9 Å². The molecule has 1 amide bonds. The van der Waals surface area contributed by atoms with Crippen LogP contribution in [0.5, 0.6) is 5.75 Å². The molecule has 6 nitrogen and oxygen atoms in total. The van der Waals surface area contributed by atoms with Crippen LogP contribution in [-0.2, 0) is 0 Å². The standard InChI is InChI=1S/C26H25N3O3/c1-31-22-8-4-6-20(16-22)18-11-13-19(14-12-18)25(30)27-17-21-7-5-15-29(21)26-28-23-9-2-3-10-24(23)32-26/h2-4,6,8-14,16,21H,5,7,15,17H2,1H3,(H,27,30). The van der Waals surface area contributed by atoms with Crippen LogP contribution in [0.25, 0.3) is 22.2 Å². The summed E-state index contributed by atoms with van der Waals surface area (Å²) in [5.41, 5.74) is 4.37. The maximum atomic E-state index is 12.7. The average Bonchev–Trinajstić information content (AvgIpc) is 3.49. The van der Waals surface area contributed by atoms with Gasteiger partial charge in [0.1, 0.15) is 11.3 Å². The Morgan fingerprint density at radius 2 is 1.94 bits per heavy atom. The number of hydrogen-bond donors (Lipinski definition) is 1. The van der Waals surface area contributed by atoms with E-state index in [0.29, 0.717) is 18.1 Å². The van der Waals surface area contributed by atoms with Crippen molar-refractivity contribution in [3.8, 4) is 16.9 Å². The molecule has 1 aromatic heterocycles. The third kappa shape index (κ3) is 4.04. The largest absolute Gasteiger partial charge is 0.497 e. The van der Waals surface area contributed by atoms with Crippen molar-refractivity contribution in [3.63, 3.8) is 0 Å². The summed E-state index contributed by atoms with van der Waals surface area (Å²) in [5.74, 6) is 0.732. The molecule has 3 aromatic carbocycles. The molecule has 32 heavy (non-hydrogen) atoms.